The monoisotopic (exact) mass is 251 g/mol. The summed E-state index contributed by atoms with van der Waals surface area (Å²) in [5.41, 5.74) is 0.567. The molecule has 0 heterocycles. The third-order valence-electron chi connectivity index (χ3n) is 3.48. The van der Waals surface area contributed by atoms with Gasteiger partial charge in [0.25, 0.3) is 0 Å². The van der Waals surface area contributed by atoms with E-state index in [9.17, 15) is 9.18 Å². The normalized spacial score (nSPS) is 16.7. The van der Waals surface area contributed by atoms with Crippen LogP contribution in [0.5, 0.6) is 0 Å². The summed E-state index contributed by atoms with van der Waals surface area (Å²) in [4.78, 5) is 10.8. The van der Waals surface area contributed by atoms with Crippen molar-refractivity contribution in [3.05, 3.63) is 35.1 Å². The van der Waals surface area contributed by atoms with Gasteiger partial charge in [-0.3, -0.25) is 0 Å². The molecule has 0 aliphatic heterocycles. The predicted octanol–water partition coefficient (Wildman–Crippen LogP) is 2.95. The van der Waals surface area contributed by atoms with E-state index >= 15 is 0 Å². The first kappa shape index (κ1) is 13.0. The average Bonchev–Trinajstić information content (AvgIpc) is 2.38. The number of hydrogen-bond acceptors (Lipinski definition) is 2. The minimum Gasteiger partial charge on any atom is -0.478 e. The van der Waals surface area contributed by atoms with Crippen molar-refractivity contribution >= 4 is 5.97 Å². The lowest BCUT2D eigenvalue weighted by Gasteiger charge is -2.23. The van der Waals surface area contributed by atoms with E-state index in [1.54, 1.807) is 0 Å². The van der Waals surface area contributed by atoms with E-state index in [0.29, 0.717) is 18.2 Å². The van der Waals surface area contributed by atoms with Gasteiger partial charge in [-0.25, -0.2) is 9.18 Å². The molecule has 0 amide bonds. The fraction of sp³-hybridized carbons (Fsp3) is 0.500. The summed E-state index contributed by atoms with van der Waals surface area (Å²) in [6, 6.07) is 4.36. The van der Waals surface area contributed by atoms with E-state index in [-0.39, 0.29) is 11.4 Å². The largest absolute Gasteiger partial charge is 0.478 e. The minimum absolute atomic E-state index is 0.136. The van der Waals surface area contributed by atoms with Crippen LogP contribution in [0.1, 0.15) is 48.0 Å². The summed E-state index contributed by atoms with van der Waals surface area (Å²) in [7, 11) is 0. The van der Waals surface area contributed by atoms with Crippen molar-refractivity contribution < 1.29 is 14.3 Å². The van der Waals surface area contributed by atoms with E-state index in [2.05, 4.69) is 5.32 Å². The molecule has 0 atom stereocenters. The van der Waals surface area contributed by atoms with Gasteiger partial charge < -0.3 is 10.4 Å². The Hall–Kier alpha value is -1.42. The van der Waals surface area contributed by atoms with Crippen LogP contribution in [-0.2, 0) is 6.54 Å². The molecule has 0 spiro atoms. The number of rotatable bonds is 4. The Bertz CT molecular complexity index is 428. The number of hydrogen-bond donors (Lipinski definition) is 2. The number of halogens is 1. The average molecular weight is 251 g/mol. The van der Waals surface area contributed by atoms with Crippen LogP contribution in [0.2, 0.25) is 0 Å². The lowest BCUT2D eigenvalue weighted by atomic mass is 9.95. The zero-order valence-corrected chi connectivity index (χ0v) is 10.3. The molecule has 18 heavy (non-hydrogen) atoms. The van der Waals surface area contributed by atoms with Crippen LogP contribution in [0.4, 0.5) is 4.39 Å². The molecule has 0 bridgehead atoms. The lowest BCUT2D eigenvalue weighted by Crippen LogP contribution is -2.30. The maximum atomic E-state index is 13.6. The highest BCUT2D eigenvalue weighted by Crippen LogP contribution is 2.18. The predicted molar refractivity (Wildman–Crippen MR) is 67.1 cm³/mol. The zero-order valence-electron chi connectivity index (χ0n) is 10.3. The Balaban J connectivity index is 1.99. The first-order valence-electron chi connectivity index (χ1n) is 6.42. The molecule has 0 radical (unpaired) electrons. The van der Waals surface area contributed by atoms with Gasteiger partial charge in [0, 0.05) is 18.2 Å². The van der Waals surface area contributed by atoms with Gasteiger partial charge in [-0.1, -0.05) is 19.3 Å². The van der Waals surface area contributed by atoms with Gasteiger partial charge in [-0.05, 0) is 31.0 Å². The van der Waals surface area contributed by atoms with Gasteiger partial charge >= 0.3 is 5.97 Å². The third kappa shape index (κ3) is 3.29. The summed E-state index contributed by atoms with van der Waals surface area (Å²) in [5, 5.41) is 12.2. The molecule has 2 rings (SSSR count). The highest BCUT2D eigenvalue weighted by atomic mass is 19.1. The second kappa shape index (κ2) is 5.96. The van der Waals surface area contributed by atoms with Crippen LogP contribution in [0.25, 0.3) is 0 Å². The summed E-state index contributed by atoms with van der Waals surface area (Å²) >= 11 is 0. The Labute approximate surface area is 106 Å². The fourth-order valence-electron chi connectivity index (χ4n) is 2.40. The van der Waals surface area contributed by atoms with E-state index in [1.807, 2.05) is 0 Å². The highest BCUT2D eigenvalue weighted by molar-refractivity contribution is 5.87. The molecule has 1 aliphatic carbocycles. The van der Waals surface area contributed by atoms with Crippen LogP contribution in [0.15, 0.2) is 18.2 Å². The number of nitrogens with one attached hydrogen (secondary N) is 1. The van der Waals surface area contributed by atoms with Gasteiger partial charge in [-0.2, -0.15) is 0 Å². The van der Waals surface area contributed by atoms with Crippen molar-refractivity contribution in [3.8, 4) is 0 Å². The minimum atomic E-state index is -1.02. The van der Waals surface area contributed by atoms with Crippen LogP contribution in [0.3, 0.4) is 0 Å². The molecule has 0 aromatic heterocycles. The third-order valence-corrected chi connectivity index (χ3v) is 3.48. The van der Waals surface area contributed by atoms with Crippen LogP contribution in [0, 0.1) is 5.82 Å². The molecular weight excluding hydrogens is 233 g/mol. The Kier molecular flexibility index (Phi) is 4.31. The van der Waals surface area contributed by atoms with Crippen LogP contribution >= 0.6 is 0 Å². The SMILES string of the molecule is O=C(O)c1ccc(F)c(CNC2CCCCC2)c1. The number of carboxylic acids is 1. The Morgan fingerprint density at radius 1 is 1.33 bits per heavy atom. The van der Waals surface area contributed by atoms with Gasteiger partial charge in [0.2, 0.25) is 0 Å². The number of aromatic carboxylic acids is 1. The van der Waals surface area contributed by atoms with Crippen molar-refractivity contribution in [1.29, 1.82) is 0 Å². The maximum Gasteiger partial charge on any atom is 0.335 e. The molecule has 98 valence electrons. The summed E-state index contributed by atoms with van der Waals surface area (Å²) in [6.07, 6.45) is 5.96. The zero-order chi connectivity index (χ0) is 13.0. The second-order valence-corrected chi connectivity index (χ2v) is 4.83. The maximum absolute atomic E-state index is 13.6. The van der Waals surface area contributed by atoms with E-state index in [1.165, 1.54) is 37.5 Å². The standard InChI is InChI=1S/C14H18FNO2/c15-13-7-6-10(14(17)18)8-11(13)9-16-12-4-2-1-3-5-12/h6-8,12,16H,1-5,9H2,(H,17,18). The quantitative estimate of drug-likeness (QED) is 0.865. The van der Waals surface area contributed by atoms with Gasteiger partial charge in [0.05, 0.1) is 5.56 Å². The molecule has 4 heteroatoms. The van der Waals surface area contributed by atoms with Gasteiger partial charge in [0.1, 0.15) is 5.82 Å². The summed E-state index contributed by atoms with van der Waals surface area (Å²) < 4.78 is 13.6. The van der Waals surface area contributed by atoms with Crippen molar-refractivity contribution in [2.24, 2.45) is 0 Å². The Morgan fingerprint density at radius 3 is 2.72 bits per heavy atom. The number of carbonyl (C=O) groups is 1. The van der Waals surface area contributed by atoms with Crippen molar-refractivity contribution in [2.45, 2.75) is 44.7 Å². The molecule has 1 saturated carbocycles. The van der Waals surface area contributed by atoms with Gasteiger partial charge in [0.15, 0.2) is 0 Å². The topological polar surface area (TPSA) is 49.3 Å². The molecule has 0 unspecified atom stereocenters. The van der Waals surface area contributed by atoms with Crippen molar-refractivity contribution in [1.82, 2.24) is 5.32 Å². The van der Waals surface area contributed by atoms with E-state index in [4.69, 9.17) is 5.11 Å². The van der Waals surface area contributed by atoms with Gasteiger partial charge in [-0.15, -0.1) is 0 Å². The van der Waals surface area contributed by atoms with E-state index < -0.39 is 5.97 Å². The fourth-order valence-corrected chi connectivity index (χ4v) is 2.40. The summed E-state index contributed by atoms with van der Waals surface area (Å²) in [5.74, 6) is -1.36. The van der Waals surface area contributed by atoms with Crippen molar-refractivity contribution in [2.75, 3.05) is 0 Å². The molecular formula is C14H18FNO2. The van der Waals surface area contributed by atoms with E-state index in [0.717, 1.165) is 12.8 Å². The molecule has 1 aliphatic rings. The molecule has 1 aromatic rings. The molecule has 1 fully saturated rings. The molecule has 3 nitrogen and oxygen atoms in total. The first-order chi connectivity index (χ1) is 8.66. The first-order valence-corrected chi connectivity index (χ1v) is 6.42. The van der Waals surface area contributed by atoms with Crippen LogP contribution < -0.4 is 5.32 Å². The summed E-state index contributed by atoms with van der Waals surface area (Å²) in [6.45, 7) is 0.400. The number of benzene rings is 1. The Morgan fingerprint density at radius 2 is 2.06 bits per heavy atom. The molecule has 0 saturated heterocycles. The highest BCUT2D eigenvalue weighted by Gasteiger charge is 2.14. The van der Waals surface area contributed by atoms with Crippen LogP contribution in [-0.4, -0.2) is 17.1 Å². The number of carboxylic acid groups (broad SMARTS) is 1. The lowest BCUT2D eigenvalue weighted by molar-refractivity contribution is 0.0696. The second-order valence-electron chi connectivity index (χ2n) is 4.83. The smallest absolute Gasteiger partial charge is 0.335 e. The van der Waals surface area contributed by atoms with Crippen molar-refractivity contribution in [3.63, 3.8) is 0 Å². The molecule has 2 N–H and O–H groups in total. The molecule has 1 aromatic carbocycles.